The highest BCUT2D eigenvalue weighted by molar-refractivity contribution is 6.21. The summed E-state index contributed by atoms with van der Waals surface area (Å²) in [4.78, 5) is 40.7. The summed E-state index contributed by atoms with van der Waals surface area (Å²) < 4.78 is 0. The number of carbonyl (C=O) groups excluding carboxylic acids is 3. The first-order chi connectivity index (χ1) is 13.5. The van der Waals surface area contributed by atoms with Gasteiger partial charge in [-0.25, -0.2) is 0 Å². The lowest BCUT2D eigenvalue weighted by molar-refractivity contribution is 0.0685. The van der Waals surface area contributed by atoms with Crippen molar-refractivity contribution in [3.05, 3.63) is 76.9 Å². The van der Waals surface area contributed by atoms with Gasteiger partial charge in [-0.15, -0.1) is 0 Å². The van der Waals surface area contributed by atoms with Crippen LogP contribution in [0.2, 0.25) is 0 Å². The van der Waals surface area contributed by atoms with Crippen molar-refractivity contribution >= 4 is 23.3 Å². The van der Waals surface area contributed by atoms with Gasteiger partial charge in [-0.05, 0) is 48.6 Å². The van der Waals surface area contributed by atoms with Crippen LogP contribution in [-0.2, 0) is 0 Å². The van der Waals surface area contributed by atoms with E-state index in [1.165, 1.54) is 18.2 Å². The molecule has 2 unspecified atom stereocenters. The Kier molecular flexibility index (Phi) is 3.72. The first kappa shape index (κ1) is 16.9. The van der Waals surface area contributed by atoms with Crippen molar-refractivity contribution in [2.45, 2.75) is 31.3 Å². The van der Waals surface area contributed by atoms with Crippen molar-refractivity contribution < 1.29 is 14.4 Å². The molecule has 5 nitrogen and oxygen atoms in total. The molecular formula is C23H20N2O3. The molecule has 2 atom stereocenters. The van der Waals surface area contributed by atoms with Gasteiger partial charge in [0.05, 0.1) is 17.2 Å². The highest BCUT2D eigenvalue weighted by Crippen LogP contribution is 2.39. The quantitative estimate of drug-likeness (QED) is 0.760. The van der Waals surface area contributed by atoms with Gasteiger partial charge in [0.15, 0.2) is 0 Å². The topological polar surface area (TPSA) is 57.7 Å². The molecule has 3 amide bonds. The normalized spacial score (nSPS) is 23.1. The van der Waals surface area contributed by atoms with Crippen molar-refractivity contribution in [1.29, 1.82) is 0 Å². The van der Waals surface area contributed by atoms with Gasteiger partial charge in [0.1, 0.15) is 0 Å². The van der Waals surface area contributed by atoms with Crippen LogP contribution in [0.1, 0.15) is 55.9 Å². The Labute approximate surface area is 163 Å². The second kappa shape index (κ2) is 6.16. The van der Waals surface area contributed by atoms with Crippen LogP contribution in [0, 0.1) is 0 Å². The van der Waals surface area contributed by atoms with E-state index in [-0.39, 0.29) is 29.8 Å². The molecule has 1 fully saturated rings. The Morgan fingerprint density at radius 1 is 0.964 bits per heavy atom. The minimum absolute atomic E-state index is 0.0616. The third-order valence-electron chi connectivity index (χ3n) is 6.11. The molecule has 2 aromatic rings. The number of rotatable bonds is 2. The molecule has 140 valence electrons. The van der Waals surface area contributed by atoms with Gasteiger partial charge in [-0.2, -0.15) is 0 Å². The molecule has 5 heteroatoms. The van der Waals surface area contributed by atoms with Gasteiger partial charge in [-0.1, -0.05) is 36.4 Å². The van der Waals surface area contributed by atoms with E-state index in [9.17, 15) is 14.4 Å². The average Bonchev–Trinajstić information content (AvgIpc) is 3.12. The van der Waals surface area contributed by atoms with Crippen LogP contribution in [0.5, 0.6) is 0 Å². The predicted molar refractivity (Wildman–Crippen MR) is 105 cm³/mol. The molecule has 3 aliphatic heterocycles. The van der Waals surface area contributed by atoms with E-state index >= 15 is 0 Å². The number of carbonyl (C=O) groups is 3. The highest BCUT2D eigenvalue weighted by Gasteiger charge is 2.41. The van der Waals surface area contributed by atoms with Crippen LogP contribution in [0.15, 0.2) is 54.6 Å². The highest BCUT2D eigenvalue weighted by atomic mass is 16.2. The molecule has 2 aromatic carbocycles. The molecule has 1 saturated heterocycles. The summed E-state index contributed by atoms with van der Waals surface area (Å²) in [6, 6.07) is 15.4. The fourth-order valence-electron chi connectivity index (χ4n) is 4.66. The molecule has 3 heterocycles. The van der Waals surface area contributed by atoms with Crippen molar-refractivity contribution in [3.63, 3.8) is 0 Å². The number of amides is 3. The van der Waals surface area contributed by atoms with E-state index in [1.54, 1.807) is 18.2 Å². The van der Waals surface area contributed by atoms with E-state index in [0.29, 0.717) is 16.7 Å². The molecule has 0 N–H and O–H groups in total. The SMILES string of the molecule is CN1C(=O)c2ccc(C(=O)N3C4C=C(c5ccccc5)CC3CC4)cc2C1=O. The third kappa shape index (κ3) is 2.43. The van der Waals surface area contributed by atoms with Crippen molar-refractivity contribution in [2.24, 2.45) is 0 Å². The molecule has 2 bridgehead atoms. The minimum atomic E-state index is -0.345. The Hall–Kier alpha value is -3.21. The number of imide groups is 1. The van der Waals surface area contributed by atoms with Gasteiger partial charge in [-0.3, -0.25) is 19.3 Å². The van der Waals surface area contributed by atoms with Crippen LogP contribution < -0.4 is 0 Å². The number of hydrogen-bond acceptors (Lipinski definition) is 3. The summed E-state index contributed by atoms with van der Waals surface area (Å²) in [7, 11) is 1.47. The number of benzene rings is 2. The van der Waals surface area contributed by atoms with E-state index in [0.717, 1.165) is 24.2 Å². The van der Waals surface area contributed by atoms with Gasteiger partial charge < -0.3 is 4.90 Å². The van der Waals surface area contributed by atoms with Gasteiger partial charge in [0.2, 0.25) is 0 Å². The second-order valence-corrected chi connectivity index (χ2v) is 7.70. The van der Waals surface area contributed by atoms with E-state index < -0.39 is 0 Å². The van der Waals surface area contributed by atoms with Crippen molar-refractivity contribution in [1.82, 2.24) is 9.80 Å². The molecule has 28 heavy (non-hydrogen) atoms. The lowest BCUT2D eigenvalue weighted by atomic mass is 9.94. The summed E-state index contributed by atoms with van der Waals surface area (Å²) in [6.07, 6.45) is 5.00. The Balaban J connectivity index is 1.46. The molecule has 0 aliphatic carbocycles. The zero-order valence-electron chi connectivity index (χ0n) is 15.6. The lowest BCUT2D eigenvalue weighted by Gasteiger charge is -2.34. The monoisotopic (exact) mass is 372 g/mol. The molecular weight excluding hydrogens is 352 g/mol. The van der Waals surface area contributed by atoms with E-state index in [1.807, 2.05) is 23.1 Å². The molecule has 5 rings (SSSR count). The maximum absolute atomic E-state index is 13.3. The molecule has 0 spiro atoms. The summed E-state index contributed by atoms with van der Waals surface area (Å²) in [5, 5.41) is 0. The fourth-order valence-corrected chi connectivity index (χ4v) is 4.66. The van der Waals surface area contributed by atoms with Crippen LogP contribution in [0.25, 0.3) is 5.57 Å². The number of nitrogens with zero attached hydrogens (tertiary/aromatic N) is 2. The lowest BCUT2D eigenvalue weighted by Crippen LogP contribution is -2.43. The summed E-state index contributed by atoms with van der Waals surface area (Å²) >= 11 is 0. The summed E-state index contributed by atoms with van der Waals surface area (Å²) in [5.74, 6) is -0.719. The van der Waals surface area contributed by atoms with Gasteiger partial charge in [0, 0.05) is 18.7 Å². The maximum Gasteiger partial charge on any atom is 0.261 e. The summed E-state index contributed by atoms with van der Waals surface area (Å²) in [5.41, 5.74) is 3.69. The van der Waals surface area contributed by atoms with E-state index in [2.05, 4.69) is 18.2 Å². The van der Waals surface area contributed by atoms with E-state index in [4.69, 9.17) is 0 Å². The second-order valence-electron chi connectivity index (χ2n) is 7.70. The zero-order chi connectivity index (χ0) is 19.4. The van der Waals surface area contributed by atoms with Crippen molar-refractivity contribution in [3.8, 4) is 0 Å². The number of hydrogen-bond donors (Lipinski definition) is 0. The smallest absolute Gasteiger partial charge is 0.261 e. The third-order valence-corrected chi connectivity index (χ3v) is 6.11. The first-order valence-corrected chi connectivity index (χ1v) is 9.60. The Bertz CT molecular complexity index is 1040. The molecule has 0 aromatic heterocycles. The van der Waals surface area contributed by atoms with Crippen LogP contribution in [0.3, 0.4) is 0 Å². The number of fused-ring (bicyclic) bond motifs is 3. The van der Waals surface area contributed by atoms with Crippen LogP contribution in [-0.4, -0.2) is 46.7 Å². The first-order valence-electron chi connectivity index (χ1n) is 9.60. The van der Waals surface area contributed by atoms with Gasteiger partial charge >= 0.3 is 0 Å². The fraction of sp³-hybridized carbons (Fsp3) is 0.261. The predicted octanol–water partition coefficient (Wildman–Crippen LogP) is 3.37. The molecule has 0 radical (unpaired) electrons. The summed E-state index contributed by atoms with van der Waals surface area (Å²) in [6.45, 7) is 0. The standard InChI is InChI=1S/C23H20N2O3/c1-24-22(27)19-10-7-15(13-20(19)23(24)28)21(26)25-17-8-9-18(25)12-16(11-17)14-5-3-2-4-6-14/h2-7,10-11,13,17-18H,8-9,12H2,1H3. The molecule has 0 saturated carbocycles. The minimum Gasteiger partial charge on any atom is -0.329 e. The van der Waals surface area contributed by atoms with Crippen molar-refractivity contribution in [2.75, 3.05) is 7.05 Å². The Morgan fingerprint density at radius 3 is 2.46 bits per heavy atom. The average molecular weight is 372 g/mol. The van der Waals surface area contributed by atoms with Crippen LogP contribution >= 0.6 is 0 Å². The largest absolute Gasteiger partial charge is 0.329 e. The zero-order valence-corrected chi connectivity index (χ0v) is 15.6. The maximum atomic E-state index is 13.3. The molecule has 3 aliphatic rings. The Morgan fingerprint density at radius 2 is 1.71 bits per heavy atom. The van der Waals surface area contributed by atoms with Gasteiger partial charge in [0.25, 0.3) is 17.7 Å². The van der Waals surface area contributed by atoms with Crippen LogP contribution in [0.4, 0.5) is 0 Å².